The van der Waals surface area contributed by atoms with Crippen LogP contribution < -0.4 is 10.5 Å². The van der Waals surface area contributed by atoms with Crippen molar-refractivity contribution in [3.63, 3.8) is 0 Å². The maximum absolute atomic E-state index is 13.5. The number of carbonyl (C=O) groups is 2. The summed E-state index contributed by atoms with van der Waals surface area (Å²) < 4.78 is 19.4. The largest absolute Gasteiger partial charge is 0.485 e. The molecule has 0 aliphatic rings. The minimum absolute atomic E-state index is 0.151. The number of rotatable bonds is 5. The molecular formula is C15H11BrFNO3. The third-order valence-electron chi connectivity index (χ3n) is 2.75. The molecule has 0 unspecified atom stereocenters. The fourth-order valence-corrected chi connectivity index (χ4v) is 2.21. The number of amides is 1. The summed E-state index contributed by atoms with van der Waals surface area (Å²) in [5.41, 5.74) is 5.26. The van der Waals surface area contributed by atoms with Gasteiger partial charge in [0.1, 0.15) is 11.6 Å². The molecule has 0 atom stereocenters. The highest BCUT2D eigenvalue weighted by Gasteiger charge is 2.12. The molecule has 108 valence electrons. The summed E-state index contributed by atoms with van der Waals surface area (Å²) in [4.78, 5) is 22.9. The molecule has 4 nitrogen and oxygen atoms in total. The standard InChI is InChI=1S/C15H11BrFNO3/c16-12-4-2-1-3-10(12)14(19)8-21-9-5-6-11(15(18)20)13(17)7-9/h1-7H,8H2,(H2,18,20). The lowest BCUT2D eigenvalue weighted by molar-refractivity contribution is 0.0918. The lowest BCUT2D eigenvalue weighted by Crippen LogP contribution is -2.14. The predicted octanol–water partition coefficient (Wildman–Crippen LogP) is 2.95. The van der Waals surface area contributed by atoms with E-state index in [1.165, 1.54) is 12.1 Å². The van der Waals surface area contributed by atoms with Crippen LogP contribution in [0.4, 0.5) is 4.39 Å². The van der Waals surface area contributed by atoms with Crippen molar-refractivity contribution in [3.8, 4) is 5.75 Å². The highest BCUT2D eigenvalue weighted by Crippen LogP contribution is 2.19. The monoisotopic (exact) mass is 351 g/mol. The first-order chi connectivity index (χ1) is 9.99. The average Bonchev–Trinajstić information content (AvgIpc) is 2.45. The van der Waals surface area contributed by atoms with Crippen molar-refractivity contribution in [2.75, 3.05) is 6.61 Å². The maximum Gasteiger partial charge on any atom is 0.251 e. The van der Waals surface area contributed by atoms with Gasteiger partial charge in [0.2, 0.25) is 5.78 Å². The highest BCUT2D eigenvalue weighted by molar-refractivity contribution is 9.10. The molecule has 2 N–H and O–H groups in total. The van der Waals surface area contributed by atoms with Crippen molar-refractivity contribution in [1.82, 2.24) is 0 Å². The molecule has 1 amide bonds. The number of carbonyl (C=O) groups excluding carboxylic acids is 2. The Bertz CT molecular complexity index is 703. The van der Waals surface area contributed by atoms with Crippen LogP contribution in [0.3, 0.4) is 0 Å². The Morgan fingerprint density at radius 3 is 2.48 bits per heavy atom. The summed E-state index contributed by atoms with van der Waals surface area (Å²) in [6.07, 6.45) is 0. The highest BCUT2D eigenvalue weighted by atomic mass is 79.9. The lowest BCUT2D eigenvalue weighted by Gasteiger charge is -2.08. The first-order valence-corrected chi connectivity index (χ1v) is 6.78. The van der Waals surface area contributed by atoms with Crippen LogP contribution in [0.2, 0.25) is 0 Å². The Kier molecular flexibility index (Phi) is 4.70. The van der Waals surface area contributed by atoms with E-state index in [0.29, 0.717) is 10.0 Å². The number of hydrogen-bond donors (Lipinski definition) is 1. The van der Waals surface area contributed by atoms with Gasteiger partial charge in [-0.15, -0.1) is 0 Å². The van der Waals surface area contributed by atoms with Crippen LogP contribution >= 0.6 is 15.9 Å². The van der Waals surface area contributed by atoms with Gasteiger partial charge in [0, 0.05) is 16.1 Å². The predicted molar refractivity (Wildman–Crippen MR) is 78.9 cm³/mol. The van der Waals surface area contributed by atoms with Gasteiger partial charge in [-0.05, 0) is 18.2 Å². The van der Waals surface area contributed by atoms with Crippen LogP contribution in [0.25, 0.3) is 0 Å². The van der Waals surface area contributed by atoms with Crippen molar-refractivity contribution in [3.05, 3.63) is 63.9 Å². The molecule has 6 heteroatoms. The number of ether oxygens (including phenoxy) is 1. The molecule has 0 bridgehead atoms. The fourth-order valence-electron chi connectivity index (χ4n) is 1.70. The topological polar surface area (TPSA) is 69.4 Å². The molecule has 2 rings (SSSR count). The zero-order chi connectivity index (χ0) is 15.4. The summed E-state index contributed by atoms with van der Waals surface area (Å²) in [5.74, 6) is -1.74. The molecule has 2 aromatic carbocycles. The summed E-state index contributed by atoms with van der Waals surface area (Å²) in [6, 6.07) is 10.6. The third-order valence-corrected chi connectivity index (χ3v) is 3.44. The van der Waals surface area contributed by atoms with Crippen LogP contribution in [0, 0.1) is 5.82 Å². The maximum atomic E-state index is 13.5. The summed E-state index contributed by atoms with van der Waals surface area (Å²) in [7, 11) is 0. The van der Waals surface area contributed by atoms with Gasteiger partial charge in [0.15, 0.2) is 6.61 Å². The molecular weight excluding hydrogens is 341 g/mol. The van der Waals surface area contributed by atoms with Crippen molar-refractivity contribution in [1.29, 1.82) is 0 Å². The molecule has 0 aliphatic carbocycles. The fraction of sp³-hybridized carbons (Fsp3) is 0.0667. The van der Waals surface area contributed by atoms with Crippen molar-refractivity contribution in [2.24, 2.45) is 5.73 Å². The lowest BCUT2D eigenvalue weighted by atomic mass is 10.1. The van der Waals surface area contributed by atoms with Crippen molar-refractivity contribution < 1.29 is 18.7 Å². The molecule has 2 aromatic rings. The van der Waals surface area contributed by atoms with E-state index in [1.54, 1.807) is 24.3 Å². The summed E-state index contributed by atoms with van der Waals surface area (Å²) in [5, 5.41) is 0. The number of ketones is 1. The van der Waals surface area contributed by atoms with Crippen LogP contribution in [0.5, 0.6) is 5.75 Å². The number of hydrogen-bond acceptors (Lipinski definition) is 3. The molecule has 0 spiro atoms. The van der Waals surface area contributed by atoms with E-state index in [2.05, 4.69) is 15.9 Å². The van der Waals surface area contributed by atoms with Gasteiger partial charge in [-0.2, -0.15) is 0 Å². The quantitative estimate of drug-likeness (QED) is 0.842. The smallest absolute Gasteiger partial charge is 0.251 e. The minimum Gasteiger partial charge on any atom is -0.485 e. The Morgan fingerprint density at radius 2 is 1.86 bits per heavy atom. The molecule has 0 saturated heterocycles. The van der Waals surface area contributed by atoms with Crippen LogP contribution in [0.15, 0.2) is 46.9 Å². The van der Waals surface area contributed by atoms with E-state index in [4.69, 9.17) is 10.5 Å². The van der Waals surface area contributed by atoms with Crippen molar-refractivity contribution in [2.45, 2.75) is 0 Å². The average molecular weight is 352 g/mol. The van der Waals surface area contributed by atoms with Gasteiger partial charge in [-0.3, -0.25) is 9.59 Å². The van der Waals surface area contributed by atoms with E-state index in [1.807, 2.05) is 0 Å². The van der Waals surface area contributed by atoms with E-state index in [9.17, 15) is 14.0 Å². The molecule has 0 heterocycles. The number of Topliss-reactive ketones (excluding diaryl/α,β-unsaturated/α-hetero) is 1. The van der Waals surface area contributed by atoms with Gasteiger partial charge >= 0.3 is 0 Å². The van der Waals surface area contributed by atoms with Gasteiger partial charge in [-0.25, -0.2) is 4.39 Å². The van der Waals surface area contributed by atoms with E-state index >= 15 is 0 Å². The second-order valence-electron chi connectivity index (χ2n) is 4.20. The Balaban J connectivity index is 2.07. The van der Waals surface area contributed by atoms with E-state index in [0.717, 1.165) is 6.07 Å². The third kappa shape index (κ3) is 3.66. The van der Waals surface area contributed by atoms with Gasteiger partial charge in [0.05, 0.1) is 5.56 Å². The molecule has 0 radical (unpaired) electrons. The second kappa shape index (κ2) is 6.49. The molecule has 0 fully saturated rings. The zero-order valence-corrected chi connectivity index (χ0v) is 12.4. The normalized spacial score (nSPS) is 10.2. The van der Waals surface area contributed by atoms with Gasteiger partial charge in [0.25, 0.3) is 5.91 Å². The first-order valence-electron chi connectivity index (χ1n) is 5.99. The first kappa shape index (κ1) is 15.2. The molecule has 0 saturated carbocycles. The molecule has 0 aromatic heterocycles. The van der Waals surface area contributed by atoms with Gasteiger partial charge in [-0.1, -0.05) is 34.1 Å². The number of halogens is 2. The second-order valence-corrected chi connectivity index (χ2v) is 5.05. The van der Waals surface area contributed by atoms with Crippen molar-refractivity contribution >= 4 is 27.6 Å². The molecule has 0 aliphatic heterocycles. The van der Waals surface area contributed by atoms with Gasteiger partial charge < -0.3 is 10.5 Å². The molecule has 21 heavy (non-hydrogen) atoms. The number of nitrogens with two attached hydrogens (primary N) is 1. The van der Waals surface area contributed by atoms with Crippen LogP contribution in [0.1, 0.15) is 20.7 Å². The van der Waals surface area contributed by atoms with Crippen LogP contribution in [-0.2, 0) is 0 Å². The number of benzene rings is 2. The Hall–Kier alpha value is -2.21. The SMILES string of the molecule is NC(=O)c1ccc(OCC(=O)c2ccccc2Br)cc1F. The minimum atomic E-state index is -0.858. The summed E-state index contributed by atoms with van der Waals surface area (Å²) in [6.45, 7) is -0.238. The Labute approximate surface area is 128 Å². The zero-order valence-electron chi connectivity index (χ0n) is 10.8. The van der Waals surface area contributed by atoms with E-state index < -0.39 is 11.7 Å². The van der Waals surface area contributed by atoms with E-state index in [-0.39, 0.29) is 23.7 Å². The van der Waals surface area contributed by atoms with Crippen LogP contribution in [-0.4, -0.2) is 18.3 Å². The number of primary amides is 1. The summed E-state index contributed by atoms with van der Waals surface area (Å²) >= 11 is 3.27. The Morgan fingerprint density at radius 1 is 1.14 bits per heavy atom.